The first-order valence-corrected chi connectivity index (χ1v) is 10.4. The number of rotatable bonds is 5. The van der Waals surface area contributed by atoms with Crippen molar-refractivity contribution in [3.8, 4) is 0 Å². The van der Waals surface area contributed by atoms with E-state index in [0.29, 0.717) is 36.0 Å². The fourth-order valence-electron chi connectivity index (χ4n) is 4.13. The zero-order chi connectivity index (χ0) is 23.4. The Labute approximate surface area is 183 Å². The lowest BCUT2D eigenvalue weighted by molar-refractivity contribution is -0.144. The van der Waals surface area contributed by atoms with Crippen LogP contribution in [0.3, 0.4) is 0 Å². The van der Waals surface area contributed by atoms with E-state index in [4.69, 9.17) is 0 Å². The molecule has 2 aliphatic rings. The van der Waals surface area contributed by atoms with Crippen molar-refractivity contribution in [1.29, 1.82) is 0 Å². The molecule has 4 rings (SSSR count). The van der Waals surface area contributed by atoms with Crippen LogP contribution in [-0.2, 0) is 18.0 Å². The Morgan fingerprint density at radius 1 is 1.09 bits per heavy atom. The van der Waals surface area contributed by atoms with Gasteiger partial charge in [0.1, 0.15) is 11.7 Å². The Balaban J connectivity index is 1.40. The number of carbonyl (C=O) groups excluding carboxylic acids is 1. The van der Waals surface area contributed by atoms with Crippen LogP contribution in [0.25, 0.3) is 0 Å². The average molecular weight is 453 g/mol. The van der Waals surface area contributed by atoms with Gasteiger partial charge in [-0.2, -0.15) is 23.1 Å². The number of nitrogens with zero attached hydrogens (tertiary/aromatic N) is 6. The molecule has 1 aliphatic heterocycles. The number of hydrogen-bond donors (Lipinski definition) is 3. The maximum Gasteiger partial charge on any atom is 0.453 e. The Hall–Kier alpha value is -3.12. The molecule has 1 unspecified atom stereocenters. The number of aromatic nitrogens is 5. The summed E-state index contributed by atoms with van der Waals surface area (Å²) in [5, 5.41) is 12.6. The number of carbonyl (C=O) groups is 1. The summed E-state index contributed by atoms with van der Waals surface area (Å²) in [6, 6.07) is -0.304. The van der Waals surface area contributed by atoms with Gasteiger partial charge in [0, 0.05) is 26.2 Å². The molecule has 32 heavy (non-hydrogen) atoms. The van der Waals surface area contributed by atoms with Crippen molar-refractivity contribution in [1.82, 2.24) is 24.7 Å². The van der Waals surface area contributed by atoms with E-state index in [1.54, 1.807) is 0 Å². The highest BCUT2D eigenvalue weighted by atomic mass is 19.4. The first-order chi connectivity index (χ1) is 14.9. The van der Waals surface area contributed by atoms with Crippen molar-refractivity contribution in [3.63, 3.8) is 0 Å². The van der Waals surface area contributed by atoms with E-state index in [2.05, 4.69) is 36.0 Å². The minimum Gasteiger partial charge on any atom is -0.352 e. The van der Waals surface area contributed by atoms with E-state index in [9.17, 15) is 18.0 Å². The number of alkyl halides is 3. The third kappa shape index (κ3) is 4.02. The third-order valence-corrected chi connectivity index (χ3v) is 5.79. The average Bonchev–Trinajstić information content (AvgIpc) is 3.02. The molecule has 1 atom stereocenters. The maximum atomic E-state index is 12.8. The van der Waals surface area contributed by atoms with Gasteiger partial charge in [0.05, 0.1) is 5.69 Å². The van der Waals surface area contributed by atoms with E-state index in [0.717, 1.165) is 4.68 Å². The zero-order valence-corrected chi connectivity index (χ0v) is 18.4. The van der Waals surface area contributed by atoms with E-state index < -0.39 is 12.0 Å². The van der Waals surface area contributed by atoms with E-state index in [-0.39, 0.29) is 35.9 Å². The van der Waals surface area contributed by atoms with Gasteiger partial charge in [-0.3, -0.25) is 4.79 Å². The van der Waals surface area contributed by atoms with Crippen molar-refractivity contribution < 1.29 is 18.0 Å². The summed E-state index contributed by atoms with van der Waals surface area (Å²) in [6.07, 6.45) is -3.26. The van der Waals surface area contributed by atoms with Crippen LogP contribution in [0.2, 0.25) is 0 Å². The SMILES string of the molecule is Cc1nc(N[C@H]2C[C@@H](Nc3nc(C(F)(F)F)nn3C)C2)nc2c1NC(=O)C(C(C)C)N2C. The van der Waals surface area contributed by atoms with Crippen LogP contribution in [-0.4, -0.2) is 55.8 Å². The summed E-state index contributed by atoms with van der Waals surface area (Å²) < 4.78 is 39.4. The van der Waals surface area contributed by atoms with E-state index >= 15 is 0 Å². The smallest absolute Gasteiger partial charge is 0.352 e. The van der Waals surface area contributed by atoms with Gasteiger partial charge >= 0.3 is 6.18 Å². The lowest BCUT2D eigenvalue weighted by Gasteiger charge is -2.38. The summed E-state index contributed by atoms with van der Waals surface area (Å²) in [4.78, 5) is 26.9. The van der Waals surface area contributed by atoms with Crippen LogP contribution < -0.4 is 20.9 Å². The highest BCUT2D eigenvalue weighted by molar-refractivity contribution is 6.03. The molecule has 3 heterocycles. The number of amides is 1. The van der Waals surface area contributed by atoms with Gasteiger partial charge < -0.3 is 20.9 Å². The molecule has 0 radical (unpaired) electrons. The molecule has 1 amide bonds. The Morgan fingerprint density at radius 3 is 2.34 bits per heavy atom. The predicted octanol–water partition coefficient (Wildman–Crippen LogP) is 2.40. The van der Waals surface area contributed by atoms with Crippen molar-refractivity contribution >= 4 is 29.3 Å². The summed E-state index contributed by atoms with van der Waals surface area (Å²) in [5.74, 6) is 0.0629. The Kier molecular flexibility index (Phi) is 5.37. The van der Waals surface area contributed by atoms with Crippen LogP contribution in [0, 0.1) is 12.8 Å². The molecule has 0 bridgehead atoms. The standard InChI is InChI=1S/C19H26F3N9O/c1-8(2)13-15(32)26-12-9(3)23-17(27-14(12)30(13)4)24-10-6-11(7-10)25-18-28-16(19(20,21)22)29-31(18)5/h8,10-11,13H,6-7H2,1-5H3,(H,26,32)(H,23,24,27)(H,25,28,29)/t10-,11+,13?. The van der Waals surface area contributed by atoms with Gasteiger partial charge in [0.2, 0.25) is 17.8 Å². The van der Waals surface area contributed by atoms with Crippen molar-refractivity contribution in [2.24, 2.45) is 13.0 Å². The quantitative estimate of drug-likeness (QED) is 0.633. The minimum absolute atomic E-state index is 0.0394. The molecule has 1 saturated carbocycles. The second-order valence-corrected chi connectivity index (χ2v) is 8.65. The van der Waals surface area contributed by atoms with Gasteiger partial charge in [-0.05, 0) is 25.7 Å². The second kappa shape index (κ2) is 7.78. The van der Waals surface area contributed by atoms with Gasteiger partial charge in [-0.25, -0.2) is 9.67 Å². The molecule has 1 fully saturated rings. The molecule has 13 heteroatoms. The fraction of sp³-hybridized carbons (Fsp3) is 0.632. The van der Waals surface area contributed by atoms with Gasteiger partial charge in [-0.15, -0.1) is 5.10 Å². The van der Waals surface area contributed by atoms with Crippen LogP contribution in [0.4, 0.5) is 36.6 Å². The molecule has 174 valence electrons. The molecule has 0 aromatic carbocycles. The normalized spacial score (nSPS) is 23.0. The summed E-state index contributed by atoms with van der Waals surface area (Å²) in [7, 11) is 3.26. The Bertz CT molecular complexity index is 1030. The van der Waals surface area contributed by atoms with E-state index in [1.807, 2.05) is 32.7 Å². The predicted molar refractivity (Wildman–Crippen MR) is 112 cm³/mol. The fourth-order valence-corrected chi connectivity index (χ4v) is 4.13. The third-order valence-electron chi connectivity index (χ3n) is 5.79. The van der Waals surface area contributed by atoms with Gasteiger partial charge in [-0.1, -0.05) is 13.8 Å². The van der Waals surface area contributed by atoms with Crippen molar-refractivity contribution in [3.05, 3.63) is 11.5 Å². The summed E-state index contributed by atoms with van der Waals surface area (Å²) >= 11 is 0. The highest BCUT2D eigenvalue weighted by Crippen LogP contribution is 2.35. The maximum absolute atomic E-state index is 12.8. The lowest BCUT2D eigenvalue weighted by atomic mass is 9.87. The molecule has 10 nitrogen and oxygen atoms in total. The van der Waals surface area contributed by atoms with Gasteiger partial charge in [0.25, 0.3) is 5.82 Å². The molecule has 3 N–H and O–H groups in total. The summed E-state index contributed by atoms with van der Waals surface area (Å²) in [5.41, 5.74) is 1.27. The van der Waals surface area contributed by atoms with Crippen molar-refractivity contribution in [2.45, 2.75) is 57.9 Å². The highest BCUT2D eigenvalue weighted by Gasteiger charge is 2.38. The van der Waals surface area contributed by atoms with Crippen molar-refractivity contribution in [2.75, 3.05) is 27.9 Å². The molecule has 0 saturated heterocycles. The first kappa shape index (κ1) is 22.1. The first-order valence-electron chi connectivity index (χ1n) is 10.4. The van der Waals surface area contributed by atoms with Crippen LogP contribution in [0.1, 0.15) is 38.2 Å². The monoisotopic (exact) mass is 453 g/mol. The molecule has 1 aliphatic carbocycles. The lowest BCUT2D eigenvalue weighted by Crippen LogP contribution is -2.50. The topological polar surface area (TPSA) is 113 Å². The number of likely N-dealkylation sites (N-methyl/N-ethyl adjacent to an activating group) is 1. The number of anilines is 4. The number of nitrogens with one attached hydrogen (secondary N) is 3. The molecule has 0 spiro atoms. The summed E-state index contributed by atoms with van der Waals surface area (Å²) in [6.45, 7) is 5.78. The van der Waals surface area contributed by atoms with Crippen LogP contribution >= 0.6 is 0 Å². The minimum atomic E-state index is -4.58. The number of fused-ring (bicyclic) bond motifs is 1. The molecule has 2 aromatic rings. The molecular weight excluding hydrogens is 427 g/mol. The largest absolute Gasteiger partial charge is 0.453 e. The zero-order valence-electron chi connectivity index (χ0n) is 18.4. The molecule has 2 aromatic heterocycles. The molecular formula is C19H26F3N9O. The van der Waals surface area contributed by atoms with Gasteiger partial charge in [0.15, 0.2) is 5.82 Å². The number of halogens is 3. The number of hydrogen-bond acceptors (Lipinski definition) is 8. The van der Waals surface area contributed by atoms with E-state index in [1.165, 1.54) is 7.05 Å². The Morgan fingerprint density at radius 2 is 1.75 bits per heavy atom. The number of aryl methyl sites for hydroxylation is 2. The van der Waals surface area contributed by atoms with Crippen LogP contribution in [0.5, 0.6) is 0 Å². The second-order valence-electron chi connectivity index (χ2n) is 8.65. The van der Waals surface area contributed by atoms with Crippen LogP contribution in [0.15, 0.2) is 0 Å².